The molecule has 0 aliphatic rings. The first kappa shape index (κ1) is 11.4. The Bertz CT molecular complexity index is 604. The molecule has 1 heterocycles. The maximum Gasteiger partial charge on any atom is 0.167 e. The van der Waals surface area contributed by atoms with Crippen LogP contribution in [0.3, 0.4) is 0 Å². The summed E-state index contributed by atoms with van der Waals surface area (Å²) in [5.41, 5.74) is 2.16. The number of nitrogens with zero attached hydrogens (tertiary/aromatic N) is 1. The van der Waals surface area contributed by atoms with Crippen molar-refractivity contribution in [3.63, 3.8) is 0 Å². The van der Waals surface area contributed by atoms with Crippen molar-refractivity contribution in [3.8, 4) is 6.07 Å². The normalized spacial score (nSPS) is 12.3. The fraction of sp³-hybridized carbons (Fsp3) is 0.286. The quantitative estimate of drug-likeness (QED) is 0.816. The summed E-state index contributed by atoms with van der Waals surface area (Å²) < 4.78 is 0. The molecule has 86 valence electrons. The number of hydrogen-bond donors (Lipinski definition) is 1. The van der Waals surface area contributed by atoms with Gasteiger partial charge in [-0.1, -0.05) is 19.9 Å². The number of nitrogens with one attached hydrogen (secondary N) is 1. The van der Waals surface area contributed by atoms with E-state index in [0.29, 0.717) is 5.56 Å². The molecule has 1 unspecified atom stereocenters. The smallest absolute Gasteiger partial charge is 0.167 e. The average molecular weight is 226 g/mol. The van der Waals surface area contributed by atoms with Crippen LogP contribution in [0.4, 0.5) is 0 Å². The second-order valence-corrected chi connectivity index (χ2v) is 4.25. The number of carbonyl (C=O) groups excluding carboxylic acids is 1. The molecule has 3 heteroatoms. The van der Waals surface area contributed by atoms with Crippen molar-refractivity contribution >= 4 is 16.7 Å². The first-order valence-electron chi connectivity index (χ1n) is 5.72. The lowest BCUT2D eigenvalue weighted by Gasteiger charge is -2.05. The van der Waals surface area contributed by atoms with Crippen LogP contribution in [0.5, 0.6) is 0 Å². The molecule has 1 atom stereocenters. The van der Waals surface area contributed by atoms with Crippen LogP contribution in [0.15, 0.2) is 24.4 Å². The van der Waals surface area contributed by atoms with Crippen molar-refractivity contribution in [3.05, 3.63) is 35.5 Å². The highest BCUT2D eigenvalue weighted by Gasteiger charge is 2.17. The molecule has 0 fully saturated rings. The molecule has 0 radical (unpaired) electrons. The second kappa shape index (κ2) is 4.42. The molecule has 0 amide bonds. The third kappa shape index (κ3) is 1.94. The highest BCUT2D eigenvalue weighted by atomic mass is 16.1. The number of aromatic nitrogens is 1. The molecular formula is C14H14N2O. The summed E-state index contributed by atoms with van der Waals surface area (Å²) >= 11 is 0. The van der Waals surface area contributed by atoms with Crippen molar-refractivity contribution in [2.75, 3.05) is 0 Å². The number of rotatable bonds is 3. The van der Waals surface area contributed by atoms with Crippen molar-refractivity contribution in [1.82, 2.24) is 4.98 Å². The van der Waals surface area contributed by atoms with Gasteiger partial charge in [-0.15, -0.1) is 0 Å². The van der Waals surface area contributed by atoms with Crippen molar-refractivity contribution in [2.24, 2.45) is 5.92 Å². The van der Waals surface area contributed by atoms with Gasteiger partial charge < -0.3 is 4.98 Å². The Balaban J connectivity index is 2.51. The van der Waals surface area contributed by atoms with Gasteiger partial charge in [0.15, 0.2) is 5.78 Å². The van der Waals surface area contributed by atoms with Crippen molar-refractivity contribution in [1.29, 1.82) is 5.26 Å². The maximum atomic E-state index is 12.1. The first-order chi connectivity index (χ1) is 8.17. The summed E-state index contributed by atoms with van der Waals surface area (Å²) in [5, 5.41) is 9.71. The maximum absolute atomic E-state index is 12.1. The number of Topliss-reactive ketones (excluding diaryl/α,β-unsaturated/α-hetero) is 1. The fourth-order valence-corrected chi connectivity index (χ4v) is 1.85. The summed E-state index contributed by atoms with van der Waals surface area (Å²) in [6.45, 7) is 3.94. The topological polar surface area (TPSA) is 56.6 Å². The lowest BCUT2D eigenvalue weighted by molar-refractivity contribution is 0.0929. The zero-order valence-corrected chi connectivity index (χ0v) is 9.95. The van der Waals surface area contributed by atoms with Crippen LogP contribution in [0.1, 0.15) is 36.2 Å². The summed E-state index contributed by atoms with van der Waals surface area (Å²) in [6, 6.07) is 7.43. The van der Waals surface area contributed by atoms with E-state index in [0.717, 1.165) is 22.9 Å². The first-order valence-corrected chi connectivity index (χ1v) is 5.72. The van der Waals surface area contributed by atoms with E-state index in [4.69, 9.17) is 5.26 Å². The van der Waals surface area contributed by atoms with Crippen LogP contribution in [-0.2, 0) is 0 Å². The Labute approximate surface area is 100 Å². The predicted molar refractivity (Wildman–Crippen MR) is 66.8 cm³/mol. The lowest BCUT2D eigenvalue weighted by atomic mass is 9.96. The molecule has 0 saturated carbocycles. The standard InChI is InChI=1S/C14H14N2O/c1-3-9(2)14(17)12-8-16-13-6-10(7-15)4-5-11(12)13/h4-6,8-9,16H,3H2,1-2H3. The van der Waals surface area contributed by atoms with E-state index >= 15 is 0 Å². The van der Waals surface area contributed by atoms with E-state index in [2.05, 4.69) is 11.1 Å². The summed E-state index contributed by atoms with van der Waals surface area (Å²) in [5.74, 6) is 0.188. The Hall–Kier alpha value is -2.08. The van der Waals surface area contributed by atoms with Crippen LogP contribution in [0, 0.1) is 17.2 Å². The molecule has 0 aliphatic carbocycles. The summed E-state index contributed by atoms with van der Waals surface area (Å²) in [4.78, 5) is 15.2. The number of aromatic amines is 1. The SMILES string of the molecule is CCC(C)C(=O)c1c[nH]c2cc(C#N)ccc12. The highest BCUT2D eigenvalue weighted by molar-refractivity contribution is 6.08. The van der Waals surface area contributed by atoms with E-state index in [1.54, 1.807) is 18.3 Å². The van der Waals surface area contributed by atoms with E-state index in [-0.39, 0.29) is 11.7 Å². The number of ketones is 1. The number of fused-ring (bicyclic) bond motifs is 1. The molecule has 1 aromatic heterocycles. The Morgan fingerprint density at radius 1 is 1.53 bits per heavy atom. The molecule has 2 aromatic rings. The van der Waals surface area contributed by atoms with Crippen LogP contribution in [0.2, 0.25) is 0 Å². The fourth-order valence-electron chi connectivity index (χ4n) is 1.85. The Kier molecular flexibility index (Phi) is 2.97. The second-order valence-electron chi connectivity index (χ2n) is 4.25. The van der Waals surface area contributed by atoms with E-state index in [1.807, 2.05) is 19.9 Å². The van der Waals surface area contributed by atoms with Crippen LogP contribution >= 0.6 is 0 Å². The molecule has 2 rings (SSSR count). The molecule has 0 aliphatic heterocycles. The monoisotopic (exact) mass is 226 g/mol. The van der Waals surface area contributed by atoms with Crippen molar-refractivity contribution < 1.29 is 4.79 Å². The zero-order chi connectivity index (χ0) is 12.4. The molecule has 17 heavy (non-hydrogen) atoms. The Morgan fingerprint density at radius 3 is 2.94 bits per heavy atom. The third-order valence-electron chi connectivity index (χ3n) is 3.14. The van der Waals surface area contributed by atoms with E-state index in [1.165, 1.54) is 0 Å². The van der Waals surface area contributed by atoms with E-state index < -0.39 is 0 Å². The molecule has 0 saturated heterocycles. The van der Waals surface area contributed by atoms with Gasteiger partial charge in [0.25, 0.3) is 0 Å². The number of carbonyl (C=O) groups is 1. The van der Waals surface area contributed by atoms with Gasteiger partial charge in [0.05, 0.1) is 11.6 Å². The lowest BCUT2D eigenvalue weighted by Crippen LogP contribution is -2.09. The number of hydrogen-bond acceptors (Lipinski definition) is 2. The van der Waals surface area contributed by atoms with Gasteiger partial charge in [0, 0.05) is 28.6 Å². The zero-order valence-electron chi connectivity index (χ0n) is 9.95. The highest BCUT2D eigenvalue weighted by Crippen LogP contribution is 2.22. The van der Waals surface area contributed by atoms with Gasteiger partial charge in [0.1, 0.15) is 0 Å². The molecule has 0 bridgehead atoms. The Morgan fingerprint density at radius 2 is 2.29 bits per heavy atom. The minimum atomic E-state index is 0.0321. The van der Waals surface area contributed by atoms with Gasteiger partial charge in [-0.25, -0.2) is 0 Å². The number of H-pyrrole nitrogens is 1. The van der Waals surface area contributed by atoms with Crippen LogP contribution in [0.25, 0.3) is 10.9 Å². The molecule has 3 nitrogen and oxygen atoms in total. The minimum Gasteiger partial charge on any atom is -0.360 e. The van der Waals surface area contributed by atoms with Gasteiger partial charge in [-0.2, -0.15) is 5.26 Å². The van der Waals surface area contributed by atoms with Crippen LogP contribution < -0.4 is 0 Å². The predicted octanol–water partition coefficient (Wildman–Crippen LogP) is 3.27. The molecule has 1 aromatic carbocycles. The average Bonchev–Trinajstić information content (AvgIpc) is 2.79. The van der Waals surface area contributed by atoms with Crippen molar-refractivity contribution in [2.45, 2.75) is 20.3 Å². The molecule has 0 spiro atoms. The molecular weight excluding hydrogens is 212 g/mol. The number of nitriles is 1. The third-order valence-corrected chi connectivity index (χ3v) is 3.14. The van der Waals surface area contributed by atoms with E-state index in [9.17, 15) is 4.79 Å². The van der Waals surface area contributed by atoms with Gasteiger partial charge in [-0.3, -0.25) is 4.79 Å². The largest absolute Gasteiger partial charge is 0.360 e. The van der Waals surface area contributed by atoms with Gasteiger partial charge in [0.2, 0.25) is 0 Å². The van der Waals surface area contributed by atoms with Gasteiger partial charge in [-0.05, 0) is 18.6 Å². The summed E-state index contributed by atoms with van der Waals surface area (Å²) in [6.07, 6.45) is 2.57. The minimum absolute atomic E-state index is 0.0321. The summed E-state index contributed by atoms with van der Waals surface area (Å²) in [7, 11) is 0. The van der Waals surface area contributed by atoms with Crippen LogP contribution in [-0.4, -0.2) is 10.8 Å². The van der Waals surface area contributed by atoms with Gasteiger partial charge >= 0.3 is 0 Å². The number of benzene rings is 1. The molecule has 1 N–H and O–H groups in total.